The third kappa shape index (κ3) is 3.79. The summed E-state index contributed by atoms with van der Waals surface area (Å²) in [5.41, 5.74) is 0.0221. The van der Waals surface area contributed by atoms with Crippen molar-refractivity contribution in [3.05, 3.63) is 69.8 Å². The first-order valence-electron chi connectivity index (χ1n) is 8.62. The zero-order chi connectivity index (χ0) is 21.3. The van der Waals surface area contributed by atoms with Crippen LogP contribution < -0.4 is 0 Å². The first kappa shape index (κ1) is 21.1. The molecule has 0 aliphatic carbocycles. The Kier molecular flexibility index (Phi) is 5.81. The van der Waals surface area contributed by atoms with E-state index in [9.17, 15) is 18.0 Å². The molecule has 3 rings (SSSR count). The van der Waals surface area contributed by atoms with Crippen LogP contribution >= 0.6 is 15.9 Å². The second-order valence-corrected chi connectivity index (χ2v) is 9.16. The number of rotatable bonds is 4. The molecule has 7 nitrogen and oxygen atoms in total. The van der Waals surface area contributed by atoms with Gasteiger partial charge in [0, 0.05) is 16.1 Å². The van der Waals surface area contributed by atoms with Crippen molar-refractivity contribution in [2.24, 2.45) is 0 Å². The summed E-state index contributed by atoms with van der Waals surface area (Å²) in [6, 6.07) is 11.9. The van der Waals surface area contributed by atoms with Gasteiger partial charge in [-0.15, -0.1) is 0 Å². The molecule has 1 aliphatic rings. The second kappa shape index (κ2) is 8.00. The van der Waals surface area contributed by atoms with Gasteiger partial charge < -0.3 is 9.47 Å². The summed E-state index contributed by atoms with van der Waals surface area (Å²) in [7, 11) is -2.91. The molecule has 152 valence electrons. The van der Waals surface area contributed by atoms with Crippen molar-refractivity contribution in [1.82, 2.24) is 4.31 Å². The Morgan fingerprint density at radius 1 is 1.00 bits per heavy atom. The number of benzene rings is 2. The standard InChI is InChI=1S/C20H18BrNO6S/c1-12(2)22-17(20(24)27-3)18(15-6-4-5-7-16(15)29(22,25)26)28-19(23)13-8-10-14(21)11-9-13/h4-12H,1-3H3. The third-order valence-electron chi connectivity index (χ3n) is 4.23. The largest absolute Gasteiger partial charge is 0.464 e. The highest BCUT2D eigenvalue weighted by molar-refractivity contribution is 9.10. The van der Waals surface area contributed by atoms with Crippen molar-refractivity contribution < 1.29 is 27.5 Å². The van der Waals surface area contributed by atoms with E-state index in [-0.39, 0.29) is 27.5 Å². The molecular formula is C20H18BrNO6S. The van der Waals surface area contributed by atoms with E-state index < -0.39 is 28.0 Å². The molecule has 0 saturated carbocycles. The summed E-state index contributed by atoms with van der Waals surface area (Å²) in [5.74, 6) is -1.81. The van der Waals surface area contributed by atoms with Crippen LogP contribution in [0.4, 0.5) is 0 Å². The summed E-state index contributed by atoms with van der Waals surface area (Å²) >= 11 is 3.29. The van der Waals surface area contributed by atoms with E-state index in [1.165, 1.54) is 12.1 Å². The van der Waals surface area contributed by atoms with Gasteiger partial charge in [0.25, 0.3) is 10.0 Å². The fraction of sp³-hybridized carbons (Fsp3) is 0.200. The number of sulfonamides is 1. The van der Waals surface area contributed by atoms with E-state index in [0.29, 0.717) is 0 Å². The van der Waals surface area contributed by atoms with Crippen LogP contribution in [0.2, 0.25) is 0 Å². The maximum atomic E-state index is 13.2. The molecule has 9 heteroatoms. The molecule has 2 aromatic carbocycles. The predicted octanol–water partition coefficient (Wildman–Crippen LogP) is 3.56. The van der Waals surface area contributed by atoms with Crippen LogP contribution in [0.5, 0.6) is 0 Å². The van der Waals surface area contributed by atoms with Crippen LogP contribution in [0.25, 0.3) is 5.76 Å². The van der Waals surface area contributed by atoms with Gasteiger partial charge >= 0.3 is 11.9 Å². The fourth-order valence-electron chi connectivity index (χ4n) is 2.99. The molecule has 0 bridgehead atoms. The topological polar surface area (TPSA) is 90.0 Å². The highest BCUT2D eigenvalue weighted by Crippen LogP contribution is 2.39. The molecule has 29 heavy (non-hydrogen) atoms. The summed E-state index contributed by atoms with van der Waals surface area (Å²) in [6.45, 7) is 3.23. The summed E-state index contributed by atoms with van der Waals surface area (Å²) < 4.78 is 38.4. The average molecular weight is 480 g/mol. The van der Waals surface area contributed by atoms with Gasteiger partial charge in [-0.3, -0.25) is 4.31 Å². The first-order chi connectivity index (χ1) is 13.7. The molecule has 1 aliphatic heterocycles. The minimum absolute atomic E-state index is 0.0556. The number of ether oxygens (including phenoxy) is 2. The van der Waals surface area contributed by atoms with Gasteiger partial charge in [-0.1, -0.05) is 28.1 Å². The minimum atomic E-state index is -4.05. The second-order valence-electron chi connectivity index (χ2n) is 6.46. The predicted molar refractivity (Wildman–Crippen MR) is 109 cm³/mol. The number of methoxy groups -OCH3 is 1. The SMILES string of the molecule is COC(=O)C1=C(OC(=O)c2ccc(Br)cc2)c2ccccc2S(=O)(=O)N1C(C)C. The van der Waals surface area contributed by atoms with E-state index in [1.54, 1.807) is 50.2 Å². The lowest BCUT2D eigenvalue weighted by Gasteiger charge is -2.34. The van der Waals surface area contributed by atoms with Crippen molar-refractivity contribution in [3.63, 3.8) is 0 Å². The van der Waals surface area contributed by atoms with Gasteiger partial charge in [-0.2, -0.15) is 0 Å². The van der Waals surface area contributed by atoms with Crippen LogP contribution in [0.15, 0.2) is 63.6 Å². The van der Waals surface area contributed by atoms with Crippen LogP contribution in [-0.4, -0.2) is 37.8 Å². The lowest BCUT2D eigenvalue weighted by atomic mass is 10.1. The van der Waals surface area contributed by atoms with Gasteiger partial charge in [-0.05, 0) is 50.2 Å². The van der Waals surface area contributed by atoms with Gasteiger partial charge in [0.05, 0.1) is 17.6 Å². The highest BCUT2D eigenvalue weighted by Gasteiger charge is 2.43. The fourth-order valence-corrected chi connectivity index (χ4v) is 5.11. The molecular weight excluding hydrogens is 462 g/mol. The van der Waals surface area contributed by atoms with E-state index >= 15 is 0 Å². The molecule has 1 heterocycles. The Hall–Kier alpha value is -2.65. The van der Waals surface area contributed by atoms with Crippen molar-refractivity contribution in [1.29, 1.82) is 0 Å². The van der Waals surface area contributed by atoms with Crippen molar-refractivity contribution in [3.8, 4) is 0 Å². The van der Waals surface area contributed by atoms with E-state index in [1.807, 2.05) is 0 Å². The number of fused-ring (bicyclic) bond motifs is 1. The summed E-state index contributed by atoms with van der Waals surface area (Å²) in [6.07, 6.45) is 0. The molecule has 0 radical (unpaired) electrons. The smallest absolute Gasteiger partial charge is 0.359 e. The Labute approximate surface area is 177 Å². The number of hydrogen-bond donors (Lipinski definition) is 0. The molecule has 0 atom stereocenters. The third-order valence-corrected chi connectivity index (χ3v) is 6.79. The number of carbonyl (C=O) groups is 2. The van der Waals surface area contributed by atoms with Crippen molar-refractivity contribution in [2.45, 2.75) is 24.8 Å². The lowest BCUT2D eigenvalue weighted by Crippen LogP contribution is -2.43. The monoisotopic (exact) mass is 479 g/mol. The average Bonchev–Trinajstić information content (AvgIpc) is 2.69. The number of halogens is 1. The Bertz CT molecular complexity index is 1110. The lowest BCUT2D eigenvalue weighted by molar-refractivity contribution is -0.137. The van der Waals surface area contributed by atoms with Crippen LogP contribution in [-0.2, 0) is 24.3 Å². The molecule has 0 fully saturated rings. The maximum Gasteiger partial charge on any atom is 0.359 e. The highest BCUT2D eigenvalue weighted by atomic mass is 79.9. The van der Waals surface area contributed by atoms with Gasteiger partial charge in [-0.25, -0.2) is 18.0 Å². The van der Waals surface area contributed by atoms with Crippen LogP contribution in [0, 0.1) is 0 Å². The number of carbonyl (C=O) groups excluding carboxylic acids is 2. The first-order valence-corrected chi connectivity index (χ1v) is 10.9. The summed E-state index contributed by atoms with van der Waals surface area (Å²) in [4.78, 5) is 25.2. The molecule has 0 saturated heterocycles. The van der Waals surface area contributed by atoms with E-state index in [0.717, 1.165) is 15.9 Å². The normalized spacial score (nSPS) is 15.1. The van der Waals surface area contributed by atoms with Crippen LogP contribution in [0.1, 0.15) is 29.8 Å². The number of hydrogen-bond acceptors (Lipinski definition) is 6. The molecule has 0 spiro atoms. The minimum Gasteiger partial charge on any atom is -0.464 e. The summed E-state index contributed by atoms with van der Waals surface area (Å²) in [5, 5.41) is 0. The zero-order valence-electron chi connectivity index (χ0n) is 15.9. The molecule has 0 aromatic heterocycles. The van der Waals surface area contributed by atoms with Gasteiger partial charge in [0.1, 0.15) is 0 Å². The van der Waals surface area contributed by atoms with E-state index in [4.69, 9.17) is 9.47 Å². The molecule has 2 aromatic rings. The Balaban J connectivity index is 2.24. The zero-order valence-corrected chi connectivity index (χ0v) is 18.3. The van der Waals surface area contributed by atoms with Gasteiger partial charge in [0.15, 0.2) is 11.5 Å². The quantitative estimate of drug-likeness (QED) is 0.622. The molecule has 0 N–H and O–H groups in total. The van der Waals surface area contributed by atoms with Crippen molar-refractivity contribution >= 4 is 43.7 Å². The maximum absolute atomic E-state index is 13.2. The Morgan fingerprint density at radius 3 is 2.21 bits per heavy atom. The number of nitrogens with zero attached hydrogens (tertiary/aromatic N) is 1. The molecule has 0 amide bonds. The van der Waals surface area contributed by atoms with Crippen LogP contribution in [0.3, 0.4) is 0 Å². The van der Waals surface area contributed by atoms with Gasteiger partial charge in [0.2, 0.25) is 0 Å². The molecule has 0 unspecified atom stereocenters. The van der Waals surface area contributed by atoms with Crippen molar-refractivity contribution in [2.75, 3.05) is 7.11 Å². The number of esters is 2. The Morgan fingerprint density at radius 2 is 1.62 bits per heavy atom. The van der Waals surface area contributed by atoms with E-state index in [2.05, 4.69) is 15.9 Å².